The molecule has 1 aromatic carbocycles. The van der Waals surface area contributed by atoms with Gasteiger partial charge in [0.15, 0.2) is 0 Å². The number of rotatable bonds is 6. The van der Waals surface area contributed by atoms with Crippen LogP contribution in [0.1, 0.15) is 17.3 Å². The van der Waals surface area contributed by atoms with Crippen molar-refractivity contribution < 1.29 is 24.7 Å². The first kappa shape index (κ1) is 15.9. The van der Waals surface area contributed by atoms with E-state index in [2.05, 4.69) is 5.32 Å². The molecule has 0 heterocycles. The summed E-state index contributed by atoms with van der Waals surface area (Å²) in [4.78, 5) is 22.1. The fraction of sp³-hybridized carbons (Fsp3) is 0.417. The van der Waals surface area contributed by atoms with Crippen molar-refractivity contribution in [2.24, 2.45) is 0 Å². The number of hydrogen-bond donors (Lipinski definition) is 3. The molecule has 1 unspecified atom stereocenters. The zero-order chi connectivity index (χ0) is 15.3. The summed E-state index contributed by atoms with van der Waals surface area (Å²) in [5, 5.41) is 31.7. The van der Waals surface area contributed by atoms with Gasteiger partial charge in [-0.3, -0.25) is 14.9 Å². The van der Waals surface area contributed by atoms with Crippen LogP contribution in [0.3, 0.4) is 0 Å². The highest BCUT2D eigenvalue weighted by molar-refractivity contribution is 5.98. The Bertz CT molecular complexity index is 515. The number of ether oxygens (including phenoxy) is 1. The van der Waals surface area contributed by atoms with E-state index in [0.717, 1.165) is 0 Å². The minimum Gasteiger partial charge on any atom is -0.490 e. The summed E-state index contributed by atoms with van der Waals surface area (Å²) in [6.45, 7) is 0.617. The highest BCUT2D eigenvalue weighted by Gasteiger charge is 2.25. The van der Waals surface area contributed by atoms with Crippen LogP contribution in [-0.4, -0.2) is 46.9 Å². The van der Waals surface area contributed by atoms with E-state index in [-0.39, 0.29) is 23.5 Å². The van der Waals surface area contributed by atoms with E-state index in [4.69, 9.17) is 9.84 Å². The second kappa shape index (κ2) is 6.31. The molecule has 0 aliphatic heterocycles. The molecule has 0 aliphatic carbocycles. The van der Waals surface area contributed by atoms with Crippen LogP contribution in [-0.2, 0) is 0 Å². The molecule has 0 saturated heterocycles. The van der Waals surface area contributed by atoms with Gasteiger partial charge >= 0.3 is 5.69 Å². The van der Waals surface area contributed by atoms with Gasteiger partial charge in [0.25, 0.3) is 5.91 Å². The lowest BCUT2D eigenvalue weighted by Crippen LogP contribution is -2.43. The molecule has 1 atom stereocenters. The molecule has 0 aromatic heterocycles. The Morgan fingerprint density at radius 1 is 1.55 bits per heavy atom. The monoisotopic (exact) mass is 284 g/mol. The largest absolute Gasteiger partial charge is 0.490 e. The normalized spacial score (nSPS) is 13.4. The van der Waals surface area contributed by atoms with Gasteiger partial charge in [-0.1, -0.05) is 6.07 Å². The zero-order valence-corrected chi connectivity index (χ0v) is 11.1. The third-order valence-electron chi connectivity index (χ3n) is 2.61. The molecule has 0 spiro atoms. The van der Waals surface area contributed by atoms with Crippen molar-refractivity contribution in [1.82, 2.24) is 5.32 Å². The smallest absolute Gasteiger partial charge is 0.311 e. The first-order valence-electron chi connectivity index (χ1n) is 5.75. The van der Waals surface area contributed by atoms with Crippen molar-refractivity contribution in [3.63, 3.8) is 0 Å². The van der Waals surface area contributed by atoms with Crippen molar-refractivity contribution in [3.8, 4) is 5.75 Å². The number of para-hydroxylation sites is 1. The number of nitrogens with one attached hydrogen (secondary N) is 1. The molecule has 3 N–H and O–H groups in total. The van der Waals surface area contributed by atoms with E-state index >= 15 is 0 Å². The Balaban J connectivity index is 2.99. The van der Waals surface area contributed by atoms with Crippen LogP contribution < -0.4 is 10.1 Å². The average molecular weight is 284 g/mol. The van der Waals surface area contributed by atoms with Gasteiger partial charge in [0, 0.05) is 12.6 Å². The number of carbonyl (C=O) groups is 1. The van der Waals surface area contributed by atoms with Gasteiger partial charge in [-0.15, -0.1) is 0 Å². The number of carbonyl (C=O) groups excluding carboxylic acids is 1. The third-order valence-corrected chi connectivity index (χ3v) is 2.61. The summed E-state index contributed by atoms with van der Waals surface area (Å²) in [6.07, 6.45) is 0. The van der Waals surface area contributed by atoms with Gasteiger partial charge in [-0.05, 0) is 13.0 Å². The Labute approximate surface area is 115 Å². The predicted octanol–water partition coefficient (Wildman–Crippen LogP) is 0.0765. The number of aliphatic hydroxyl groups excluding tert-OH is 1. The van der Waals surface area contributed by atoms with Crippen molar-refractivity contribution in [2.75, 3.05) is 20.3 Å². The molecule has 8 heteroatoms. The Hall–Kier alpha value is -2.19. The lowest BCUT2D eigenvalue weighted by molar-refractivity contribution is -0.385. The number of benzene rings is 1. The van der Waals surface area contributed by atoms with Gasteiger partial charge in [-0.25, -0.2) is 0 Å². The number of methoxy groups -OCH3 is 1. The van der Waals surface area contributed by atoms with Crippen molar-refractivity contribution >= 4 is 11.6 Å². The summed E-state index contributed by atoms with van der Waals surface area (Å²) in [7, 11) is 1.23. The number of nitrogens with zero attached hydrogens (tertiary/aromatic N) is 1. The highest BCUT2D eigenvalue weighted by Crippen LogP contribution is 2.30. The third kappa shape index (κ3) is 3.65. The lowest BCUT2D eigenvalue weighted by Gasteiger charge is -2.20. The number of aliphatic hydroxyl groups is 2. The fourth-order valence-electron chi connectivity index (χ4n) is 1.48. The lowest BCUT2D eigenvalue weighted by atomic mass is 10.1. The molecule has 0 fully saturated rings. The van der Waals surface area contributed by atoms with E-state index in [1.807, 2.05) is 0 Å². The molecular weight excluding hydrogens is 268 g/mol. The van der Waals surface area contributed by atoms with Crippen LogP contribution in [0.4, 0.5) is 5.69 Å². The zero-order valence-electron chi connectivity index (χ0n) is 11.1. The Morgan fingerprint density at radius 3 is 2.70 bits per heavy atom. The molecule has 1 rings (SSSR count). The summed E-state index contributed by atoms with van der Waals surface area (Å²) in [5.74, 6) is -0.794. The second-order valence-corrected chi connectivity index (χ2v) is 4.45. The SMILES string of the molecule is COc1c(C(=O)NCC(C)(O)CO)cccc1[N+](=O)[O-]. The minimum atomic E-state index is -1.47. The standard InChI is InChI=1S/C12H16N2O6/c1-12(17,7-15)6-13-11(16)8-4-3-5-9(14(18)19)10(8)20-2/h3-5,15,17H,6-7H2,1-2H3,(H,13,16). The molecule has 8 nitrogen and oxygen atoms in total. The molecule has 1 aromatic rings. The number of nitro groups is 1. The molecule has 1 amide bonds. The fourth-order valence-corrected chi connectivity index (χ4v) is 1.48. The molecule has 0 radical (unpaired) electrons. The Morgan fingerprint density at radius 2 is 2.20 bits per heavy atom. The topological polar surface area (TPSA) is 122 Å². The molecular formula is C12H16N2O6. The van der Waals surface area contributed by atoms with E-state index in [1.54, 1.807) is 0 Å². The van der Waals surface area contributed by atoms with E-state index in [0.29, 0.717) is 0 Å². The van der Waals surface area contributed by atoms with Crippen LogP contribution in [0.15, 0.2) is 18.2 Å². The van der Waals surface area contributed by atoms with Gasteiger partial charge in [0.1, 0.15) is 5.60 Å². The summed E-state index contributed by atoms with van der Waals surface area (Å²) in [5.41, 5.74) is -1.81. The molecule has 0 bridgehead atoms. The quantitative estimate of drug-likeness (QED) is 0.502. The van der Waals surface area contributed by atoms with Crippen molar-refractivity contribution in [1.29, 1.82) is 0 Å². The van der Waals surface area contributed by atoms with Gasteiger partial charge in [0.05, 0.1) is 24.2 Å². The minimum absolute atomic E-state index is 0.0181. The first-order chi connectivity index (χ1) is 9.32. The average Bonchev–Trinajstić information content (AvgIpc) is 2.43. The van der Waals surface area contributed by atoms with Crippen LogP contribution in [0, 0.1) is 10.1 Å². The molecule has 0 aliphatic rings. The van der Waals surface area contributed by atoms with Crippen LogP contribution in [0.25, 0.3) is 0 Å². The van der Waals surface area contributed by atoms with E-state index in [1.165, 1.54) is 32.2 Å². The van der Waals surface area contributed by atoms with Crippen molar-refractivity contribution in [2.45, 2.75) is 12.5 Å². The van der Waals surface area contributed by atoms with Crippen molar-refractivity contribution in [3.05, 3.63) is 33.9 Å². The number of amides is 1. The maximum atomic E-state index is 12.0. The maximum absolute atomic E-state index is 12.0. The van der Waals surface area contributed by atoms with Gasteiger partial charge in [0.2, 0.25) is 5.75 Å². The molecule has 20 heavy (non-hydrogen) atoms. The van der Waals surface area contributed by atoms with Crippen LogP contribution in [0.2, 0.25) is 0 Å². The van der Waals surface area contributed by atoms with Gasteiger partial charge in [-0.2, -0.15) is 0 Å². The van der Waals surface area contributed by atoms with E-state index in [9.17, 15) is 20.0 Å². The van der Waals surface area contributed by atoms with Crippen LogP contribution >= 0.6 is 0 Å². The Kier molecular flexibility index (Phi) is 5.00. The first-order valence-corrected chi connectivity index (χ1v) is 5.75. The van der Waals surface area contributed by atoms with Gasteiger partial charge < -0.3 is 20.3 Å². The number of nitro benzene ring substituents is 1. The summed E-state index contributed by atoms with van der Waals surface area (Å²) in [6, 6.07) is 3.95. The number of hydrogen-bond acceptors (Lipinski definition) is 6. The predicted molar refractivity (Wildman–Crippen MR) is 69.7 cm³/mol. The molecule has 0 saturated carbocycles. The highest BCUT2D eigenvalue weighted by atomic mass is 16.6. The maximum Gasteiger partial charge on any atom is 0.311 e. The molecule has 110 valence electrons. The van der Waals surface area contributed by atoms with E-state index < -0.39 is 23.0 Å². The second-order valence-electron chi connectivity index (χ2n) is 4.45. The van der Waals surface area contributed by atoms with Crippen LogP contribution in [0.5, 0.6) is 5.75 Å². The summed E-state index contributed by atoms with van der Waals surface area (Å²) >= 11 is 0. The summed E-state index contributed by atoms with van der Waals surface area (Å²) < 4.78 is 4.90.